The quantitative estimate of drug-likeness (QED) is 0.129. The molecule has 2 atom stereocenters. The highest BCUT2D eigenvalue weighted by molar-refractivity contribution is 6.35. The Morgan fingerprint density at radius 1 is 1.05 bits per heavy atom. The van der Waals surface area contributed by atoms with Crippen LogP contribution < -0.4 is 16.0 Å². The number of carbonyl (C=O) groups is 3. The van der Waals surface area contributed by atoms with Gasteiger partial charge in [-0.15, -0.1) is 6.58 Å². The molecule has 5 rings (SSSR count). The maximum atomic E-state index is 14.2. The Labute approximate surface area is 260 Å². The standard InChI is InChI=1S/C33H35ClN6O4/c1-2-15-35-19-30(42)40-28(16-22-11-13-25(41)14-12-22)32(43)39(20-24-9-6-10-26-27(34)18-36-31(24)26)21-29(40)38-33(44)37-17-23-7-4-3-5-8-23/h2-14,18,28-29,35-36,41H,1,15-17,19-21H2,(H2,37,38,44)/t28-,29+/m0/s1. The van der Waals surface area contributed by atoms with Gasteiger partial charge in [-0.2, -0.15) is 0 Å². The van der Waals surface area contributed by atoms with E-state index in [0.29, 0.717) is 18.1 Å². The molecule has 0 bridgehead atoms. The Bertz CT molecular complexity index is 1620. The molecule has 0 unspecified atom stereocenters. The molecule has 1 fully saturated rings. The molecule has 1 aliphatic rings. The highest BCUT2D eigenvalue weighted by Gasteiger charge is 2.43. The van der Waals surface area contributed by atoms with Crippen LogP contribution in [0.1, 0.15) is 16.7 Å². The number of hydrogen-bond acceptors (Lipinski definition) is 5. The molecule has 0 spiro atoms. The van der Waals surface area contributed by atoms with Gasteiger partial charge in [-0.25, -0.2) is 4.79 Å². The number of carbonyl (C=O) groups excluding carboxylic acids is 3. The van der Waals surface area contributed by atoms with Crippen molar-refractivity contribution in [3.8, 4) is 5.75 Å². The molecule has 0 radical (unpaired) electrons. The first-order valence-corrected chi connectivity index (χ1v) is 14.7. The van der Waals surface area contributed by atoms with Gasteiger partial charge in [0.15, 0.2) is 0 Å². The van der Waals surface area contributed by atoms with Gasteiger partial charge in [0.2, 0.25) is 11.8 Å². The lowest BCUT2D eigenvalue weighted by atomic mass is 9.98. The number of para-hydroxylation sites is 1. The molecule has 228 valence electrons. The SMILES string of the molecule is C=CCNCC(=O)N1[C@@H](NC(=O)NCc2ccccc2)CN(Cc2cccc3c(Cl)c[nH]c23)C(=O)[C@@H]1Cc1ccc(O)cc1. The minimum atomic E-state index is -0.919. The van der Waals surface area contributed by atoms with E-state index >= 15 is 0 Å². The Hall–Kier alpha value is -4.80. The Kier molecular flexibility index (Phi) is 9.83. The van der Waals surface area contributed by atoms with E-state index in [4.69, 9.17) is 11.6 Å². The molecule has 11 heteroatoms. The zero-order chi connectivity index (χ0) is 31.1. The van der Waals surface area contributed by atoms with E-state index in [1.807, 2.05) is 48.5 Å². The number of rotatable bonds is 11. The predicted octanol–water partition coefficient (Wildman–Crippen LogP) is 3.91. The van der Waals surface area contributed by atoms with Gasteiger partial charge in [-0.3, -0.25) is 9.59 Å². The highest BCUT2D eigenvalue weighted by atomic mass is 35.5. The maximum Gasteiger partial charge on any atom is 0.316 e. The zero-order valence-corrected chi connectivity index (χ0v) is 24.9. The molecule has 1 saturated heterocycles. The van der Waals surface area contributed by atoms with Gasteiger partial charge < -0.3 is 35.8 Å². The summed E-state index contributed by atoms with van der Waals surface area (Å²) in [7, 11) is 0. The number of benzene rings is 3. The fourth-order valence-corrected chi connectivity index (χ4v) is 5.67. The molecule has 5 N–H and O–H groups in total. The summed E-state index contributed by atoms with van der Waals surface area (Å²) >= 11 is 6.36. The van der Waals surface area contributed by atoms with Crippen molar-refractivity contribution in [3.05, 3.63) is 113 Å². The lowest BCUT2D eigenvalue weighted by molar-refractivity contribution is -0.156. The summed E-state index contributed by atoms with van der Waals surface area (Å²) in [6.07, 6.45) is 2.71. The monoisotopic (exact) mass is 614 g/mol. The largest absolute Gasteiger partial charge is 0.508 e. The highest BCUT2D eigenvalue weighted by Crippen LogP contribution is 2.28. The Morgan fingerprint density at radius 2 is 1.82 bits per heavy atom. The summed E-state index contributed by atoms with van der Waals surface area (Å²) in [5.74, 6) is -0.498. The number of H-pyrrole nitrogens is 1. The summed E-state index contributed by atoms with van der Waals surface area (Å²) in [5.41, 5.74) is 3.35. The second kappa shape index (κ2) is 14.1. The van der Waals surface area contributed by atoms with Crippen molar-refractivity contribution < 1.29 is 19.5 Å². The number of nitrogens with one attached hydrogen (secondary N) is 4. The van der Waals surface area contributed by atoms with Gasteiger partial charge >= 0.3 is 6.03 Å². The smallest absolute Gasteiger partial charge is 0.316 e. The number of fused-ring (bicyclic) bond motifs is 1. The van der Waals surface area contributed by atoms with Crippen LogP contribution in [-0.2, 0) is 29.1 Å². The number of phenols is 1. The Balaban J connectivity index is 1.46. The molecule has 10 nitrogen and oxygen atoms in total. The number of piperazine rings is 1. The second-order valence-corrected chi connectivity index (χ2v) is 11.0. The van der Waals surface area contributed by atoms with Gasteiger partial charge in [0, 0.05) is 37.6 Å². The fourth-order valence-electron chi connectivity index (χ4n) is 5.45. The molecule has 1 aliphatic heterocycles. The van der Waals surface area contributed by atoms with Gasteiger partial charge in [0.1, 0.15) is 18.0 Å². The maximum absolute atomic E-state index is 14.2. The van der Waals surface area contributed by atoms with Gasteiger partial charge in [0.25, 0.3) is 0 Å². The number of urea groups is 1. The molecular weight excluding hydrogens is 580 g/mol. The molecule has 0 saturated carbocycles. The summed E-state index contributed by atoms with van der Waals surface area (Å²) in [5, 5.41) is 20.1. The van der Waals surface area contributed by atoms with Crippen LogP contribution in [0.15, 0.2) is 91.6 Å². The number of nitrogens with zero attached hydrogens (tertiary/aromatic N) is 2. The van der Waals surface area contributed by atoms with E-state index in [1.165, 1.54) is 4.90 Å². The topological polar surface area (TPSA) is 130 Å². The van der Waals surface area contributed by atoms with Crippen LogP contribution in [0, 0.1) is 0 Å². The molecule has 4 amide bonds. The van der Waals surface area contributed by atoms with E-state index in [-0.39, 0.29) is 43.6 Å². The third-order valence-electron chi connectivity index (χ3n) is 7.59. The second-order valence-electron chi connectivity index (χ2n) is 10.6. The van der Waals surface area contributed by atoms with Crippen LogP contribution in [0.3, 0.4) is 0 Å². The zero-order valence-electron chi connectivity index (χ0n) is 24.1. The number of hydrogen-bond donors (Lipinski definition) is 5. The molecule has 44 heavy (non-hydrogen) atoms. The Morgan fingerprint density at radius 3 is 2.57 bits per heavy atom. The third-order valence-corrected chi connectivity index (χ3v) is 7.90. The van der Waals surface area contributed by atoms with Crippen molar-refractivity contribution in [2.75, 3.05) is 19.6 Å². The van der Waals surface area contributed by atoms with E-state index in [2.05, 4.69) is 27.5 Å². The number of phenolic OH excluding ortho intramolecular Hbond substituents is 1. The van der Waals surface area contributed by atoms with Crippen LogP contribution in [0.25, 0.3) is 10.9 Å². The van der Waals surface area contributed by atoms with Crippen molar-refractivity contribution in [2.45, 2.75) is 31.7 Å². The summed E-state index contributed by atoms with van der Waals surface area (Å²) < 4.78 is 0. The third kappa shape index (κ3) is 7.21. The van der Waals surface area contributed by atoms with E-state index in [9.17, 15) is 19.5 Å². The minimum Gasteiger partial charge on any atom is -0.508 e. The average Bonchev–Trinajstić information content (AvgIpc) is 3.41. The van der Waals surface area contributed by atoms with Crippen LogP contribution >= 0.6 is 11.6 Å². The number of aromatic nitrogens is 1. The van der Waals surface area contributed by atoms with Crippen molar-refractivity contribution in [1.29, 1.82) is 0 Å². The van der Waals surface area contributed by atoms with Crippen LogP contribution in [0.2, 0.25) is 5.02 Å². The number of aromatic amines is 1. The average molecular weight is 615 g/mol. The van der Waals surface area contributed by atoms with E-state index < -0.39 is 18.2 Å². The first kappa shape index (κ1) is 30.7. The molecule has 1 aromatic heterocycles. The van der Waals surface area contributed by atoms with Crippen LogP contribution in [-0.4, -0.2) is 69.6 Å². The lowest BCUT2D eigenvalue weighted by Crippen LogP contribution is -2.69. The molecule has 4 aromatic rings. The summed E-state index contributed by atoms with van der Waals surface area (Å²) in [6, 6.07) is 20.3. The van der Waals surface area contributed by atoms with Crippen molar-refractivity contribution in [1.82, 2.24) is 30.7 Å². The van der Waals surface area contributed by atoms with Crippen LogP contribution in [0.4, 0.5) is 4.79 Å². The van der Waals surface area contributed by atoms with Crippen LogP contribution in [0.5, 0.6) is 5.75 Å². The molecule has 0 aliphatic carbocycles. The number of amides is 4. The molecule has 3 aromatic carbocycles. The first-order valence-electron chi connectivity index (χ1n) is 14.4. The van der Waals surface area contributed by atoms with Gasteiger partial charge in [-0.05, 0) is 28.8 Å². The fraction of sp³-hybridized carbons (Fsp3) is 0.242. The summed E-state index contributed by atoms with van der Waals surface area (Å²) in [6.45, 7) is 4.65. The normalized spacial score (nSPS) is 16.6. The van der Waals surface area contributed by atoms with Crippen molar-refractivity contribution in [2.24, 2.45) is 0 Å². The van der Waals surface area contributed by atoms with Crippen molar-refractivity contribution in [3.63, 3.8) is 0 Å². The first-order chi connectivity index (χ1) is 21.3. The van der Waals surface area contributed by atoms with E-state index in [1.54, 1.807) is 41.4 Å². The number of halogens is 1. The van der Waals surface area contributed by atoms with Crippen molar-refractivity contribution >= 4 is 40.3 Å². The van der Waals surface area contributed by atoms with E-state index in [0.717, 1.165) is 27.6 Å². The predicted molar refractivity (Wildman–Crippen MR) is 170 cm³/mol. The molecular formula is C33H35ClN6O4. The van der Waals surface area contributed by atoms with Gasteiger partial charge in [0.05, 0.1) is 23.6 Å². The summed E-state index contributed by atoms with van der Waals surface area (Å²) in [4.78, 5) is 47.5. The number of aromatic hydroxyl groups is 1. The lowest BCUT2D eigenvalue weighted by Gasteiger charge is -2.46. The minimum absolute atomic E-state index is 0.0462. The van der Waals surface area contributed by atoms with Gasteiger partial charge in [-0.1, -0.05) is 78.3 Å². The molecule has 2 heterocycles.